The maximum atomic E-state index is 13.6. The van der Waals surface area contributed by atoms with Crippen molar-refractivity contribution in [1.82, 2.24) is 15.4 Å². The van der Waals surface area contributed by atoms with Crippen LogP contribution < -0.4 is 10.2 Å². The Morgan fingerprint density at radius 3 is 2.49 bits per heavy atom. The van der Waals surface area contributed by atoms with Gasteiger partial charge < -0.3 is 9.64 Å². The number of hydrogen-bond acceptors (Lipinski definition) is 5. The Labute approximate surface area is 228 Å². The normalized spacial score (nSPS) is 18.0. The minimum Gasteiger partial charge on any atom is -0.489 e. The zero-order chi connectivity index (χ0) is 27.4. The van der Waals surface area contributed by atoms with Crippen LogP contribution in [0, 0.1) is 18.3 Å². The molecule has 200 valence electrons. The van der Waals surface area contributed by atoms with Crippen molar-refractivity contribution in [2.75, 3.05) is 13.6 Å². The molecule has 0 radical (unpaired) electrons. The molecule has 0 aliphatic heterocycles. The zero-order valence-corrected chi connectivity index (χ0v) is 22.3. The van der Waals surface area contributed by atoms with Crippen molar-refractivity contribution in [3.05, 3.63) is 107 Å². The number of nitrogens with zero attached hydrogens (tertiary/aromatic N) is 2. The lowest BCUT2D eigenvalue weighted by Crippen LogP contribution is -2.39. The molecule has 2 atom stereocenters. The molecule has 1 fully saturated rings. The molecule has 0 saturated heterocycles. The fourth-order valence-corrected chi connectivity index (χ4v) is 5.40. The largest absolute Gasteiger partial charge is 0.489 e. The van der Waals surface area contributed by atoms with Crippen molar-refractivity contribution in [2.24, 2.45) is 11.3 Å². The van der Waals surface area contributed by atoms with Crippen LogP contribution in [0.1, 0.15) is 28.8 Å². The van der Waals surface area contributed by atoms with Crippen LogP contribution in [0.5, 0.6) is 5.75 Å². The number of nitrogens with one attached hydrogen (secondary N) is 1. The van der Waals surface area contributed by atoms with E-state index in [9.17, 15) is 14.8 Å². The maximum absolute atomic E-state index is 13.6. The Morgan fingerprint density at radius 1 is 1.03 bits per heavy atom. The quantitative estimate of drug-likeness (QED) is 0.228. The summed E-state index contributed by atoms with van der Waals surface area (Å²) in [6, 6.07) is 27.7. The first-order chi connectivity index (χ1) is 18.9. The Hall–Kier alpha value is -4.23. The van der Waals surface area contributed by atoms with Gasteiger partial charge in [-0.1, -0.05) is 60.7 Å². The first kappa shape index (κ1) is 26.4. The Kier molecular flexibility index (Phi) is 7.61. The molecule has 0 bridgehead atoms. The van der Waals surface area contributed by atoms with E-state index in [2.05, 4.69) is 4.98 Å². The summed E-state index contributed by atoms with van der Waals surface area (Å²) >= 11 is 0. The topological polar surface area (TPSA) is 91.8 Å². The van der Waals surface area contributed by atoms with E-state index in [1.165, 1.54) is 0 Å². The summed E-state index contributed by atoms with van der Waals surface area (Å²) in [6.07, 6.45) is 1.54. The molecule has 7 nitrogen and oxygen atoms in total. The van der Waals surface area contributed by atoms with Crippen molar-refractivity contribution in [2.45, 2.75) is 32.8 Å². The molecule has 0 unspecified atom stereocenters. The second kappa shape index (κ2) is 11.3. The summed E-state index contributed by atoms with van der Waals surface area (Å²) in [6.45, 7) is 2.94. The van der Waals surface area contributed by atoms with E-state index in [1.54, 1.807) is 17.4 Å². The number of ether oxygens (including phenoxy) is 1. The number of benzene rings is 3. The number of aryl methyl sites for hydroxylation is 1. The molecule has 2 N–H and O–H groups in total. The number of aromatic nitrogens is 1. The molecule has 3 aromatic carbocycles. The van der Waals surface area contributed by atoms with Gasteiger partial charge in [0, 0.05) is 30.2 Å². The summed E-state index contributed by atoms with van der Waals surface area (Å²) in [4.78, 5) is 32.2. The standard InChI is InChI=1S/C32H33N3O4/c1-22-18-25(27-10-6-7-11-29(27)33-22)21-39-26-14-12-24(13-15-26)19-32(20-28(32)30(36)34-38)31(37)35(2)17-16-23-8-4-3-5-9-23/h3-15,18,28,38H,16-17,19-21H2,1-2H3,(H,34,36)/t28-,32+/m1/s1. The number of hydrogen-bond donors (Lipinski definition) is 2. The van der Waals surface area contributed by atoms with Crippen LogP contribution in [0.25, 0.3) is 10.9 Å². The molecule has 5 rings (SSSR count). The number of pyridine rings is 1. The molecule has 7 heteroatoms. The fourth-order valence-electron chi connectivity index (χ4n) is 5.40. The second-order valence-corrected chi connectivity index (χ2v) is 10.4. The van der Waals surface area contributed by atoms with E-state index < -0.39 is 17.2 Å². The summed E-state index contributed by atoms with van der Waals surface area (Å²) in [7, 11) is 1.78. The van der Waals surface area contributed by atoms with E-state index >= 15 is 0 Å². The summed E-state index contributed by atoms with van der Waals surface area (Å²) < 4.78 is 6.09. The van der Waals surface area contributed by atoms with Gasteiger partial charge in [0.15, 0.2) is 0 Å². The highest BCUT2D eigenvalue weighted by Crippen LogP contribution is 2.56. The number of carbonyl (C=O) groups is 2. The predicted octanol–water partition coefficient (Wildman–Crippen LogP) is 4.88. The lowest BCUT2D eigenvalue weighted by Gasteiger charge is -2.25. The lowest BCUT2D eigenvalue weighted by atomic mass is 9.91. The minimum atomic E-state index is -0.867. The van der Waals surface area contributed by atoms with Crippen molar-refractivity contribution < 1.29 is 19.5 Å². The SMILES string of the molecule is Cc1cc(COc2ccc(C[C@]3(C(=O)N(C)CCc4ccccc4)C[C@@H]3C(=O)NO)cc2)c2ccccc2n1. The molecule has 2 amide bonds. The Bertz CT molecular complexity index is 1470. The van der Waals surface area contributed by atoms with Gasteiger partial charge in [-0.3, -0.25) is 19.8 Å². The monoisotopic (exact) mass is 523 g/mol. The molecule has 0 spiro atoms. The first-order valence-corrected chi connectivity index (χ1v) is 13.2. The second-order valence-electron chi connectivity index (χ2n) is 10.4. The lowest BCUT2D eigenvalue weighted by molar-refractivity contribution is -0.140. The smallest absolute Gasteiger partial charge is 0.247 e. The average molecular weight is 524 g/mol. The highest BCUT2D eigenvalue weighted by atomic mass is 16.5. The maximum Gasteiger partial charge on any atom is 0.247 e. The van der Waals surface area contributed by atoms with E-state index in [0.29, 0.717) is 26.0 Å². The number of para-hydroxylation sites is 1. The summed E-state index contributed by atoms with van der Waals surface area (Å²) in [5.41, 5.74) is 5.92. The highest BCUT2D eigenvalue weighted by Gasteiger charge is 2.63. The van der Waals surface area contributed by atoms with Crippen LogP contribution in [0.2, 0.25) is 0 Å². The van der Waals surface area contributed by atoms with Crippen molar-refractivity contribution in [3.63, 3.8) is 0 Å². The first-order valence-electron chi connectivity index (χ1n) is 13.2. The molecule has 1 aliphatic rings. The number of carbonyl (C=O) groups excluding carboxylic acids is 2. The van der Waals surface area contributed by atoms with Gasteiger partial charge in [0.25, 0.3) is 0 Å². The molecule has 1 saturated carbocycles. The van der Waals surface area contributed by atoms with Gasteiger partial charge in [0.2, 0.25) is 11.8 Å². The van der Waals surface area contributed by atoms with Gasteiger partial charge in [-0.15, -0.1) is 0 Å². The van der Waals surface area contributed by atoms with Crippen molar-refractivity contribution >= 4 is 22.7 Å². The number of amides is 2. The van der Waals surface area contributed by atoms with Gasteiger partial charge in [-0.25, -0.2) is 5.48 Å². The molecule has 1 heterocycles. The Balaban J connectivity index is 1.26. The van der Waals surface area contributed by atoms with Gasteiger partial charge in [0.1, 0.15) is 12.4 Å². The predicted molar refractivity (Wildman–Crippen MR) is 149 cm³/mol. The van der Waals surface area contributed by atoms with Crippen LogP contribution in [-0.4, -0.2) is 40.5 Å². The molecule has 39 heavy (non-hydrogen) atoms. The third kappa shape index (κ3) is 5.78. The van der Waals surface area contributed by atoms with Gasteiger partial charge >= 0.3 is 0 Å². The average Bonchev–Trinajstić information content (AvgIpc) is 3.70. The van der Waals surface area contributed by atoms with E-state index in [1.807, 2.05) is 91.9 Å². The number of fused-ring (bicyclic) bond motifs is 1. The number of likely N-dealkylation sites (N-methyl/N-ethyl adjacent to an activating group) is 1. The van der Waals surface area contributed by atoms with Crippen LogP contribution in [0.15, 0.2) is 84.9 Å². The fraction of sp³-hybridized carbons (Fsp3) is 0.281. The molecular weight excluding hydrogens is 490 g/mol. The summed E-state index contributed by atoms with van der Waals surface area (Å²) in [5.74, 6) is -0.432. The van der Waals surface area contributed by atoms with Crippen LogP contribution >= 0.6 is 0 Å². The van der Waals surface area contributed by atoms with Gasteiger partial charge in [-0.2, -0.15) is 0 Å². The minimum absolute atomic E-state index is 0.0766. The van der Waals surface area contributed by atoms with Crippen LogP contribution in [0.4, 0.5) is 0 Å². The third-order valence-corrected chi connectivity index (χ3v) is 7.62. The number of rotatable bonds is 10. The van der Waals surface area contributed by atoms with E-state index in [0.717, 1.165) is 45.5 Å². The zero-order valence-electron chi connectivity index (χ0n) is 22.3. The Morgan fingerprint density at radius 2 is 1.74 bits per heavy atom. The van der Waals surface area contributed by atoms with Crippen molar-refractivity contribution in [3.8, 4) is 5.75 Å². The van der Waals surface area contributed by atoms with Crippen LogP contribution in [0.3, 0.4) is 0 Å². The van der Waals surface area contributed by atoms with E-state index in [4.69, 9.17) is 4.74 Å². The molecule has 1 aliphatic carbocycles. The molecular formula is C32H33N3O4. The van der Waals surface area contributed by atoms with Crippen LogP contribution in [-0.2, 0) is 29.0 Å². The van der Waals surface area contributed by atoms with Gasteiger partial charge in [-0.05, 0) is 61.6 Å². The van der Waals surface area contributed by atoms with Crippen molar-refractivity contribution in [1.29, 1.82) is 0 Å². The number of hydroxylamine groups is 1. The molecule has 1 aromatic heterocycles. The highest BCUT2D eigenvalue weighted by molar-refractivity contribution is 5.95. The van der Waals surface area contributed by atoms with E-state index in [-0.39, 0.29) is 5.91 Å². The third-order valence-electron chi connectivity index (χ3n) is 7.62. The summed E-state index contributed by atoms with van der Waals surface area (Å²) in [5, 5.41) is 10.3. The molecule has 4 aromatic rings. The van der Waals surface area contributed by atoms with Gasteiger partial charge in [0.05, 0.1) is 16.8 Å².